The Labute approximate surface area is 116 Å². The zero-order valence-corrected chi connectivity index (χ0v) is 11.0. The van der Waals surface area contributed by atoms with Gasteiger partial charge in [-0.3, -0.25) is 14.9 Å². The number of nitrogens with two attached hydrogens (primary N) is 1. The van der Waals surface area contributed by atoms with Crippen molar-refractivity contribution in [3.05, 3.63) is 46.0 Å². The first-order chi connectivity index (χ1) is 9.50. The van der Waals surface area contributed by atoms with Gasteiger partial charge in [0.2, 0.25) is 5.91 Å². The van der Waals surface area contributed by atoms with E-state index < -0.39 is 4.92 Å². The van der Waals surface area contributed by atoms with Gasteiger partial charge < -0.3 is 11.1 Å². The maximum absolute atomic E-state index is 11.7. The van der Waals surface area contributed by atoms with Crippen LogP contribution < -0.4 is 11.1 Å². The van der Waals surface area contributed by atoms with Crippen LogP contribution in [0.25, 0.3) is 6.08 Å². The Kier molecular flexibility index (Phi) is 4.14. The molecule has 0 bridgehead atoms. The number of para-hydroxylation sites is 1. The largest absolute Gasteiger partial charge is 0.351 e. The number of amides is 1. The molecule has 2 rings (SSSR count). The molecule has 0 saturated heterocycles. The first kappa shape index (κ1) is 14.2. The number of nitro groups is 1. The fraction of sp³-hybridized carbons (Fsp3) is 0.357. The lowest BCUT2D eigenvalue weighted by molar-refractivity contribution is -0.385. The third kappa shape index (κ3) is 3.42. The molecule has 6 heteroatoms. The highest BCUT2D eigenvalue weighted by atomic mass is 16.6. The highest BCUT2D eigenvalue weighted by Gasteiger charge is 2.32. The van der Waals surface area contributed by atoms with Crippen molar-refractivity contribution in [2.75, 3.05) is 6.54 Å². The van der Waals surface area contributed by atoms with E-state index in [2.05, 4.69) is 5.32 Å². The maximum atomic E-state index is 11.7. The zero-order chi connectivity index (χ0) is 14.6. The highest BCUT2D eigenvalue weighted by Crippen LogP contribution is 2.28. The Balaban J connectivity index is 1.95. The van der Waals surface area contributed by atoms with Gasteiger partial charge in [0.25, 0.3) is 5.69 Å². The lowest BCUT2D eigenvalue weighted by Crippen LogP contribution is -2.54. The average Bonchev–Trinajstić information content (AvgIpc) is 2.41. The van der Waals surface area contributed by atoms with Crippen molar-refractivity contribution in [2.24, 2.45) is 5.73 Å². The van der Waals surface area contributed by atoms with E-state index in [4.69, 9.17) is 5.73 Å². The molecule has 0 atom stereocenters. The summed E-state index contributed by atoms with van der Waals surface area (Å²) in [6, 6.07) is 6.28. The molecule has 0 heterocycles. The monoisotopic (exact) mass is 275 g/mol. The number of hydrogen-bond donors (Lipinski definition) is 2. The van der Waals surface area contributed by atoms with Crippen LogP contribution in [-0.4, -0.2) is 22.9 Å². The highest BCUT2D eigenvalue weighted by molar-refractivity contribution is 5.92. The first-order valence-electron chi connectivity index (χ1n) is 6.48. The smallest absolute Gasteiger partial charge is 0.276 e. The Morgan fingerprint density at radius 2 is 2.15 bits per heavy atom. The Hall–Kier alpha value is -2.21. The van der Waals surface area contributed by atoms with Crippen molar-refractivity contribution in [1.29, 1.82) is 0 Å². The molecule has 1 aliphatic rings. The summed E-state index contributed by atoms with van der Waals surface area (Å²) in [5.74, 6) is -0.292. The number of nitrogens with zero attached hydrogens (tertiary/aromatic N) is 1. The summed E-state index contributed by atoms with van der Waals surface area (Å²) in [6.45, 7) is 0.438. The van der Waals surface area contributed by atoms with E-state index in [-0.39, 0.29) is 17.1 Å². The van der Waals surface area contributed by atoms with Gasteiger partial charge in [-0.1, -0.05) is 12.1 Å². The van der Waals surface area contributed by atoms with Crippen molar-refractivity contribution < 1.29 is 9.72 Å². The summed E-state index contributed by atoms with van der Waals surface area (Å²) >= 11 is 0. The number of nitrogens with one attached hydrogen (secondary N) is 1. The van der Waals surface area contributed by atoms with Crippen LogP contribution in [0.5, 0.6) is 0 Å². The lowest BCUT2D eigenvalue weighted by Gasteiger charge is -2.37. The Bertz CT molecular complexity index is 550. The number of nitro benzene ring substituents is 1. The van der Waals surface area contributed by atoms with Crippen LogP contribution in [0.2, 0.25) is 0 Å². The van der Waals surface area contributed by atoms with Gasteiger partial charge in [-0.25, -0.2) is 0 Å². The molecule has 0 aliphatic heterocycles. The van der Waals surface area contributed by atoms with Crippen LogP contribution in [0.1, 0.15) is 24.8 Å². The molecule has 3 N–H and O–H groups in total. The van der Waals surface area contributed by atoms with Crippen LogP contribution in [0.4, 0.5) is 5.69 Å². The van der Waals surface area contributed by atoms with Crippen molar-refractivity contribution in [2.45, 2.75) is 24.8 Å². The minimum absolute atomic E-state index is 0.0224. The van der Waals surface area contributed by atoms with Gasteiger partial charge in [0.1, 0.15) is 0 Å². The average molecular weight is 275 g/mol. The van der Waals surface area contributed by atoms with Gasteiger partial charge in [0, 0.05) is 24.2 Å². The van der Waals surface area contributed by atoms with E-state index >= 15 is 0 Å². The van der Waals surface area contributed by atoms with Crippen LogP contribution in [0.3, 0.4) is 0 Å². The fourth-order valence-electron chi connectivity index (χ4n) is 2.09. The van der Waals surface area contributed by atoms with Gasteiger partial charge in [-0.2, -0.15) is 0 Å². The van der Waals surface area contributed by atoms with Crippen molar-refractivity contribution in [1.82, 2.24) is 5.32 Å². The number of hydrogen-bond acceptors (Lipinski definition) is 4. The number of carbonyl (C=O) groups excluding carboxylic acids is 1. The van der Waals surface area contributed by atoms with E-state index in [1.807, 2.05) is 0 Å². The molecular weight excluding hydrogens is 258 g/mol. The van der Waals surface area contributed by atoms with E-state index in [1.54, 1.807) is 18.2 Å². The van der Waals surface area contributed by atoms with Gasteiger partial charge in [-0.15, -0.1) is 0 Å². The first-order valence-corrected chi connectivity index (χ1v) is 6.48. The van der Waals surface area contributed by atoms with E-state index in [1.165, 1.54) is 18.2 Å². The molecule has 0 spiro atoms. The summed E-state index contributed by atoms with van der Waals surface area (Å²) in [4.78, 5) is 22.0. The fourth-order valence-corrected chi connectivity index (χ4v) is 2.09. The predicted octanol–water partition coefficient (Wildman–Crippen LogP) is 1.61. The molecule has 0 aromatic heterocycles. The second-order valence-electron chi connectivity index (χ2n) is 5.08. The summed E-state index contributed by atoms with van der Waals surface area (Å²) in [5.41, 5.74) is 6.10. The molecule has 1 aromatic rings. The van der Waals surface area contributed by atoms with Gasteiger partial charge >= 0.3 is 0 Å². The van der Waals surface area contributed by atoms with Crippen LogP contribution in [0, 0.1) is 10.1 Å². The van der Waals surface area contributed by atoms with E-state index in [0.717, 1.165) is 19.3 Å². The molecule has 1 aromatic carbocycles. The van der Waals surface area contributed by atoms with Crippen molar-refractivity contribution >= 4 is 17.7 Å². The van der Waals surface area contributed by atoms with Gasteiger partial charge in [0.15, 0.2) is 0 Å². The van der Waals surface area contributed by atoms with Crippen LogP contribution in [0.15, 0.2) is 30.3 Å². The molecule has 1 aliphatic carbocycles. The van der Waals surface area contributed by atoms with Crippen LogP contribution >= 0.6 is 0 Å². The molecular formula is C14H17N3O3. The molecule has 0 unspecified atom stereocenters. The van der Waals surface area contributed by atoms with Crippen molar-refractivity contribution in [3.8, 4) is 0 Å². The predicted molar refractivity (Wildman–Crippen MR) is 75.9 cm³/mol. The quantitative estimate of drug-likeness (QED) is 0.484. The number of benzene rings is 1. The van der Waals surface area contributed by atoms with E-state index in [9.17, 15) is 14.9 Å². The minimum atomic E-state index is -0.471. The summed E-state index contributed by atoms with van der Waals surface area (Å²) in [7, 11) is 0. The Morgan fingerprint density at radius 1 is 1.45 bits per heavy atom. The molecule has 0 radical (unpaired) electrons. The normalized spacial score (nSPS) is 16.6. The molecule has 20 heavy (non-hydrogen) atoms. The zero-order valence-electron chi connectivity index (χ0n) is 11.0. The molecule has 106 valence electrons. The number of carbonyl (C=O) groups is 1. The third-order valence-electron chi connectivity index (χ3n) is 3.51. The second-order valence-corrected chi connectivity index (χ2v) is 5.08. The lowest BCUT2D eigenvalue weighted by atomic mass is 9.78. The summed E-state index contributed by atoms with van der Waals surface area (Å²) in [5, 5.41) is 13.5. The van der Waals surface area contributed by atoms with Gasteiger partial charge in [0.05, 0.1) is 10.5 Å². The molecule has 1 saturated carbocycles. The standard InChI is InChI=1S/C14H17N3O3/c15-14(8-3-9-14)10-16-13(18)7-6-11-4-1-2-5-12(11)17(19)20/h1-2,4-7H,3,8-10,15H2,(H,16,18)/b7-6+. The Morgan fingerprint density at radius 3 is 2.75 bits per heavy atom. The van der Waals surface area contributed by atoms with Gasteiger partial charge in [-0.05, 0) is 31.4 Å². The minimum Gasteiger partial charge on any atom is -0.351 e. The van der Waals surface area contributed by atoms with E-state index in [0.29, 0.717) is 12.1 Å². The SMILES string of the molecule is NC1(CNC(=O)/C=C/c2ccccc2[N+](=O)[O-])CCC1. The number of rotatable bonds is 5. The van der Waals surface area contributed by atoms with Crippen LogP contribution in [-0.2, 0) is 4.79 Å². The van der Waals surface area contributed by atoms with Crippen molar-refractivity contribution in [3.63, 3.8) is 0 Å². The molecule has 1 fully saturated rings. The second kappa shape index (κ2) is 5.83. The maximum Gasteiger partial charge on any atom is 0.276 e. The summed E-state index contributed by atoms with van der Waals surface area (Å²) in [6.07, 6.45) is 5.67. The molecule has 1 amide bonds. The molecule has 6 nitrogen and oxygen atoms in total. The third-order valence-corrected chi connectivity index (χ3v) is 3.51. The topological polar surface area (TPSA) is 98.3 Å². The summed E-state index contributed by atoms with van der Waals surface area (Å²) < 4.78 is 0.